The van der Waals surface area contributed by atoms with Crippen LogP contribution in [0.5, 0.6) is 0 Å². The lowest BCUT2D eigenvalue weighted by atomic mass is 9.65. The minimum atomic E-state index is -3.17. The lowest BCUT2D eigenvalue weighted by Crippen LogP contribution is -2.61. The summed E-state index contributed by atoms with van der Waals surface area (Å²) >= 11 is 2.94. The average molecular weight is 286 g/mol. The summed E-state index contributed by atoms with van der Waals surface area (Å²) in [6.07, 6.45) is 0.890. The second kappa shape index (κ2) is 4.08. The van der Waals surface area contributed by atoms with Gasteiger partial charge < -0.3 is 4.74 Å². The van der Waals surface area contributed by atoms with Gasteiger partial charge in [-0.15, -0.1) is 0 Å². The molecule has 0 amide bonds. The zero-order chi connectivity index (χ0) is 11.0. The first-order chi connectivity index (χ1) is 6.33. The molecule has 6 heteroatoms. The molecule has 1 rings (SSSR count). The first kappa shape index (κ1) is 12.4. The Labute approximate surface area is 93.6 Å². The molecule has 1 aliphatic rings. The number of methoxy groups -OCH3 is 1. The maximum Gasteiger partial charge on any atom is 0.221 e. The second-order valence-corrected chi connectivity index (χ2v) is 7.23. The van der Waals surface area contributed by atoms with Crippen LogP contribution in [0.2, 0.25) is 0 Å². The molecule has 0 saturated heterocycles. The van der Waals surface area contributed by atoms with Gasteiger partial charge in [-0.1, -0.05) is 29.8 Å². The van der Waals surface area contributed by atoms with Crippen molar-refractivity contribution in [3.05, 3.63) is 0 Å². The Morgan fingerprint density at radius 3 is 2.50 bits per heavy atom. The van der Waals surface area contributed by atoms with Gasteiger partial charge in [0.25, 0.3) is 0 Å². The molecule has 0 heterocycles. The van der Waals surface area contributed by atoms with Gasteiger partial charge >= 0.3 is 0 Å². The lowest BCUT2D eigenvalue weighted by molar-refractivity contribution is -0.0908. The van der Waals surface area contributed by atoms with Gasteiger partial charge in [0.1, 0.15) is 4.66 Å². The Bertz CT molecular complexity index is 302. The molecule has 4 nitrogen and oxygen atoms in total. The third kappa shape index (κ3) is 2.29. The summed E-state index contributed by atoms with van der Waals surface area (Å²) in [6.45, 7) is 4.01. The minimum Gasteiger partial charge on any atom is -0.381 e. The SMILES string of the molecule is COC1CC(NS(=O)(=O)CBr)C1(C)C. The van der Waals surface area contributed by atoms with Gasteiger partial charge in [-0.25, -0.2) is 13.1 Å². The molecule has 1 aliphatic carbocycles. The molecule has 0 bridgehead atoms. The Kier molecular flexibility index (Phi) is 3.62. The van der Waals surface area contributed by atoms with Gasteiger partial charge in [0.05, 0.1) is 6.10 Å². The Balaban J connectivity index is 2.60. The number of hydrogen-bond acceptors (Lipinski definition) is 3. The van der Waals surface area contributed by atoms with Crippen molar-refractivity contribution in [3.8, 4) is 0 Å². The highest BCUT2D eigenvalue weighted by Gasteiger charge is 2.49. The third-order valence-electron chi connectivity index (χ3n) is 2.93. The maximum atomic E-state index is 11.3. The van der Waals surface area contributed by atoms with Crippen LogP contribution in [0, 0.1) is 5.41 Å². The van der Waals surface area contributed by atoms with Gasteiger partial charge in [-0.2, -0.15) is 0 Å². The largest absolute Gasteiger partial charge is 0.381 e. The van der Waals surface area contributed by atoms with Gasteiger partial charge in [0.2, 0.25) is 10.0 Å². The molecule has 1 N–H and O–H groups in total. The molecule has 84 valence electrons. The highest BCUT2D eigenvalue weighted by atomic mass is 79.9. The molecular formula is C8H16BrNO3S. The van der Waals surface area contributed by atoms with Crippen LogP contribution in [0.1, 0.15) is 20.3 Å². The Morgan fingerprint density at radius 1 is 1.57 bits per heavy atom. The molecule has 1 saturated carbocycles. The lowest BCUT2D eigenvalue weighted by Gasteiger charge is -2.50. The van der Waals surface area contributed by atoms with Crippen molar-refractivity contribution in [3.63, 3.8) is 0 Å². The quantitative estimate of drug-likeness (QED) is 0.787. The van der Waals surface area contributed by atoms with Crippen molar-refractivity contribution < 1.29 is 13.2 Å². The topological polar surface area (TPSA) is 55.4 Å². The van der Waals surface area contributed by atoms with E-state index in [1.807, 2.05) is 13.8 Å². The Hall–Kier alpha value is 0.350. The van der Waals surface area contributed by atoms with Gasteiger partial charge in [0, 0.05) is 18.6 Å². The Morgan fingerprint density at radius 2 is 2.14 bits per heavy atom. The summed E-state index contributed by atoms with van der Waals surface area (Å²) in [5.41, 5.74) is -0.121. The van der Waals surface area contributed by atoms with Crippen molar-refractivity contribution in [2.24, 2.45) is 5.41 Å². The van der Waals surface area contributed by atoms with Crippen LogP contribution in [-0.2, 0) is 14.8 Å². The predicted octanol–water partition coefficient (Wildman–Crippen LogP) is 1.07. The maximum absolute atomic E-state index is 11.3. The van der Waals surface area contributed by atoms with Crippen LogP contribution in [-0.4, -0.2) is 32.3 Å². The number of nitrogens with one attached hydrogen (secondary N) is 1. The molecule has 0 aliphatic heterocycles. The van der Waals surface area contributed by atoms with Crippen LogP contribution in [0.3, 0.4) is 0 Å². The molecule has 0 aromatic heterocycles. The van der Waals surface area contributed by atoms with E-state index in [1.165, 1.54) is 0 Å². The monoisotopic (exact) mass is 285 g/mol. The molecule has 0 aromatic carbocycles. The molecule has 14 heavy (non-hydrogen) atoms. The molecular weight excluding hydrogens is 270 g/mol. The van der Waals surface area contributed by atoms with Crippen LogP contribution in [0.15, 0.2) is 0 Å². The third-order valence-corrected chi connectivity index (χ3v) is 5.67. The molecule has 0 radical (unpaired) electrons. The minimum absolute atomic E-state index is 0.0185. The number of sulfonamides is 1. The predicted molar refractivity (Wildman–Crippen MR) is 58.8 cm³/mol. The van der Waals surface area contributed by atoms with Gasteiger partial charge in [0.15, 0.2) is 0 Å². The first-order valence-electron chi connectivity index (χ1n) is 4.42. The number of hydrogen-bond donors (Lipinski definition) is 1. The van der Waals surface area contributed by atoms with Crippen molar-refractivity contribution in [2.45, 2.75) is 32.4 Å². The number of ether oxygens (including phenoxy) is 1. The molecule has 1 fully saturated rings. The van der Waals surface area contributed by atoms with E-state index in [1.54, 1.807) is 7.11 Å². The van der Waals surface area contributed by atoms with Crippen LogP contribution >= 0.6 is 15.9 Å². The van der Waals surface area contributed by atoms with E-state index in [2.05, 4.69) is 20.7 Å². The summed E-state index contributed by atoms with van der Waals surface area (Å²) in [6, 6.07) is -0.0185. The van der Waals surface area contributed by atoms with E-state index in [0.717, 1.165) is 6.42 Å². The normalized spacial score (nSPS) is 31.1. The van der Waals surface area contributed by atoms with E-state index in [-0.39, 0.29) is 22.2 Å². The summed E-state index contributed by atoms with van der Waals surface area (Å²) in [4.78, 5) is 0. The highest BCUT2D eigenvalue weighted by molar-refractivity contribution is 9.10. The number of alkyl halides is 1. The fourth-order valence-corrected chi connectivity index (χ4v) is 3.03. The van der Waals surface area contributed by atoms with E-state index in [4.69, 9.17) is 4.74 Å². The molecule has 0 spiro atoms. The van der Waals surface area contributed by atoms with Gasteiger partial charge in [-0.3, -0.25) is 0 Å². The second-order valence-electron chi connectivity index (χ2n) is 4.18. The molecule has 2 atom stereocenters. The molecule has 0 aromatic rings. The van der Waals surface area contributed by atoms with Crippen molar-refractivity contribution >= 4 is 26.0 Å². The van der Waals surface area contributed by atoms with Gasteiger partial charge in [-0.05, 0) is 6.42 Å². The summed E-state index contributed by atoms with van der Waals surface area (Å²) in [5.74, 6) is 0. The standard InChI is InChI=1S/C8H16BrNO3S/c1-8(2)6(4-7(8)13-3)10-14(11,12)5-9/h6-7,10H,4-5H2,1-3H3. The van der Waals surface area contributed by atoms with Crippen molar-refractivity contribution in [1.82, 2.24) is 4.72 Å². The smallest absolute Gasteiger partial charge is 0.221 e. The molecule has 2 unspecified atom stereocenters. The average Bonchev–Trinajstić information content (AvgIpc) is 2.11. The number of halogens is 1. The number of rotatable bonds is 4. The van der Waals surface area contributed by atoms with Crippen molar-refractivity contribution in [2.75, 3.05) is 11.8 Å². The van der Waals surface area contributed by atoms with Crippen molar-refractivity contribution in [1.29, 1.82) is 0 Å². The van der Waals surface area contributed by atoms with E-state index in [9.17, 15) is 8.42 Å². The van der Waals surface area contributed by atoms with E-state index < -0.39 is 10.0 Å². The fourth-order valence-electron chi connectivity index (χ4n) is 1.73. The van der Waals surface area contributed by atoms with E-state index in [0.29, 0.717) is 0 Å². The summed E-state index contributed by atoms with van der Waals surface area (Å²) in [7, 11) is -1.52. The van der Waals surface area contributed by atoms with E-state index >= 15 is 0 Å². The van der Waals surface area contributed by atoms with Crippen LogP contribution in [0.25, 0.3) is 0 Å². The zero-order valence-electron chi connectivity index (χ0n) is 8.58. The summed E-state index contributed by atoms with van der Waals surface area (Å²) < 4.78 is 30.4. The zero-order valence-corrected chi connectivity index (χ0v) is 11.0. The highest BCUT2D eigenvalue weighted by Crippen LogP contribution is 2.42. The summed E-state index contributed by atoms with van der Waals surface area (Å²) in [5, 5.41) is 0. The first-order valence-corrected chi connectivity index (χ1v) is 7.19. The van der Waals surface area contributed by atoms with Crippen LogP contribution in [0.4, 0.5) is 0 Å². The fraction of sp³-hybridized carbons (Fsp3) is 1.00. The van der Waals surface area contributed by atoms with Crippen LogP contribution < -0.4 is 4.72 Å².